The number of ether oxygens (including phenoxy) is 2. The normalized spacial score (nSPS) is 12.0. The Balaban J connectivity index is 2.46. The molecule has 0 spiro atoms. The highest BCUT2D eigenvalue weighted by Gasteiger charge is 2.22. The quantitative estimate of drug-likeness (QED) is 0.0361. The summed E-state index contributed by atoms with van der Waals surface area (Å²) in [6.07, 6.45) is 31.6. The molecule has 0 aliphatic carbocycles. The van der Waals surface area contributed by atoms with Crippen molar-refractivity contribution in [2.24, 2.45) is 0 Å². The molecule has 0 saturated heterocycles. The molecule has 0 heterocycles. The number of carboxylic acid groups (broad SMARTS) is 2. The molecule has 1 rings (SSSR count). The average molecular weight is 919 g/mol. The lowest BCUT2D eigenvalue weighted by molar-refractivity contribution is -0.157. The lowest BCUT2D eigenvalue weighted by Gasteiger charge is -2.18. The van der Waals surface area contributed by atoms with E-state index < -0.39 is 36.4 Å². The van der Waals surface area contributed by atoms with E-state index in [0.717, 1.165) is 44.1 Å². The third kappa shape index (κ3) is 34.8. The van der Waals surface area contributed by atoms with Crippen molar-refractivity contribution in [2.75, 3.05) is 18.1 Å². The number of esters is 2. The number of carbonyl (C=O) groups excluding carboxylic acids is 4. The summed E-state index contributed by atoms with van der Waals surface area (Å²) in [5, 5.41) is 23.4. The Kier molecular flexibility index (Phi) is 37.3. The second-order valence-electron chi connectivity index (χ2n) is 17.4. The van der Waals surface area contributed by atoms with Gasteiger partial charge in [0.15, 0.2) is 0 Å². The molecule has 64 heavy (non-hydrogen) atoms. The predicted molar refractivity (Wildman–Crippen MR) is 257 cm³/mol. The Hall–Kier alpha value is -3.61. The van der Waals surface area contributed by atoms with Crippen LogP contribution in [0, 0.1) is 0 Å². The zero-order valence-corrected chi connectivity index (χ0v) is 40.6. The topological polar surface area (TPSA) is 185 Å². The Morgan fingerprint density at radius 1 is 0.578 bits per heavy atom. The Labute approximate surface area is 390 Å². The average Bonchev–Trinajstić information content (AvgIpc) is 3.27. The maximum absolute atomic E-state index is 12.8. The van der Waals surface area contributed by atoms with Gasteiger partial charge in [-0.1, -0.05) is 180 Å². The van der Waals surface area contributed by atoms with Gasteiger partial charge in [-0.15, -0.1) is 0 Å². The number of nitrogens with one attached hydrogen (secondary N) is 2. The fourth-order valence-corrected chi connectivity index (χ4v) is 8.33. The van der Waals surface area contributed by atoms with Crippen LogP contribution < -0.4 is 10.6 Å². The molecule has 0 aromatic heterocycles. The van der Waals surface area contributed by atoms with Crippen LogP contribution >= 0.6 is 11.8 Å². The number of thioether (sulfide) groups is 1. The molecule has 1 aromatic rings. The zero-order chi connectivity index (χ0) is 46.9. The van der Waals surface area contributed by atoms with E-state index in [2.05, 4.69) is 24.5 Å². The zero-order valence-electron chi connectivity index (χ0n) is 39.8. The first kappa shape index (κ1) is 58.4. The van der Waals surface area contributed by atoms with E-state index in [1.807, 2.05) is 0 Å². The second-order valence-corrected chi connectivity index (χ2v) is 18.5. The molecule has 2 amide bonds. The number of hydrogen-bond acceptors (Lipinski definition) is 9. The summed E-state index contributed by atoms with van der Waals surface area (Å²) in [5.41, 5.74) is 0.937. The molecular weight excluding hydrogens is 833 g/mol. The molecule has 0 fully saturated rings. The van der Waals surface area contributed by atoms with E-state index >= 15 is 0 Å². The first-order chi connectivity index (χ1) is 31.0. The van der Waals surface area contributed by atoms with Gasteiger partial charge in [0.25, 0.3) is 5.91 Å². The number of amides is 2. The van der Waals surface area contributed by atoms with Gasteiger partial charge in [-0.25, -0.2) is 4.79 Å². The van der Waals surface area contributed by atoms with Crippen molar-refractivity contribution in [3.8, 4) is 0 Å². The van der Waals surface area contributed by atoms with Crippen molar-refractivity contribution in [3.63, 3.8) is 0 Å². The fraction of sp³-hybridized carbons (Fsp3) is 0.765. The Morgan fingerprint density at radius 3 is 1.48 bits per heavy atom. The van der Waals surface area contributed by atoms with Crippen molar-refractivity contribution < 1.29 is 48.5 Å². The largest absolute Gasteiger partial charge is 0.481 e. The Bertz CT molecular complexity index is 1390. The van der Waals surface area contributed by atoms with Gasteiger partial charge in [0.05, 0.1) is 0 Å². The van der Waals surface area contributed by atoms with Crippen LogP contribution in [0.4, 0.5) is 0 Å². The molecule has 4 N–H and O–H groups in total. The number of benzene rings is 1. The summed E-state index contributed by atoms with van der Waals surface area (Å²) in [6, 6.07) is 4.98. The van der Waals surface area contributed by atoms with E-state index in [9.17, 15) is 33.9 Å². The highest BCUT2D eigenvalue weighted by Crippen LogP contribution is 2.17. The lowest BCUT2D eigenvalue weighted by Crippen LogP contribution is -2.41. The molecule has 0 aliphatic heterocycles. The lowest BCUT2D eigenvalue weighted by atomic mass is 10.0. The molecule has 366 valence electrons. The van der Waals surface area contributed by atoms with Crippen LogP contribution in [0.25, 0.3) is 0 Å². The van der Waals surface area contributed by atoms with Gasteiger partial charge in [0, 0.05) is 49.3 Å². The van der Waals surface area contributed by atoms with E-state index in [4.69, 9.17) is 14.6 Å². The maximum Gasteiger partial charge on any atom is 0.326 e. The van der Waals surface area contributed by atoms with Crippen molar-refractivity contribution in [3.05, 3.63) is 35.4 Å². The van der Waals surface area contributed by atoms with E-state index in [1.54, 1.807) is 12.1 Å². The number of hydrogen-bond donors (Lipinski definition) is 4. The smallest absolute Gasteiger partial charge is 0.326 e. The highest BCUT2D eigenvalue weighted by atomic mass is 32.2. The fourth-order valence-electron chi connectivity index (χ4n) is 7.40. The first-order valence-electron chi connectivity index (χ1n) is 25.1. The minimum Gasteiger partial charge on any atom is -0.481 e. The van der Waals surface area contributed by atoms with Crippen LogP contribution in [0.3, 0.4) is 0 Å². The molecule has 12 nitrogen and oxygen atoms in total. The van der Waals surface area contributed by atoms with Gasteiger partial charge in [-0.05, 0) is 37.0 Å². The first-order valence-corrected chi connectivity index (χ1v) is 26.2. The van der Waals surface area contributed by atoms with Gasteiger partial charge in [-0.3, -0.25) is 24.0 Å². The molecular formula is C51H86N2O10S. The molecule has 13 heteroatoms. The SMILES string of the molecule is CCCCCCCCCCCCCCCC(=O)OCC(CSCCC(=O)NCc1ccc(C(=O)N[C@@H](CCC(=O)O)C(=O)O)cc1)OC(=O)CCCCCCCCCCCCCCC. The number of rotatable bonds is 44. The van der Waals surface area contributed by atoms with Crippen molar-refractivity contribution in [2.45, 2.75) is 232 Å². The maximum atomic E-state index is 12.8. The van der Waals surface area contributed by atoms with Crippen LogP contribution in [-0.4, -0.2) is 76.2 Å². The van der Waals surface area contributed by atoms with E-state index in [-0.39, 0.29) is 49.4 Å². The molecule has 1 aromatic carbocycles. The monoisotopic (exact) mass is 919 g/mol. The minimum atomic E-state index is -1.33. The van der Waals surface area contributed by atoms with E-state index in [0.29, 0.717) is 24.3 Å². The third-order valence-corrected chi connectivity index (χ3v) is 12.5. The molecule has 1 unspecified atom stereocenters. The summed E-state index contributed by atoms with van der Waals surface area (Å²) in [4.78, 5) is 72.9. The number of unbranched alkanes of at least 4 members (excludes halogenated alkanes) is 24. The van der Waals surface area contributed by atoms with Crippen LogP contribution in [-0.2, 0) is 40.0 Å². The summed E-state index contributed by atoms with van der Waals surface area (Å²) >= 11 is 1.46. The van der Waals surface area contributed by atoms with Crippen LogP contribution in [0.2, 0.25) is 0 Å². The molecule has 0 radical (unpaired) electrons. The summed E-state index contributed by atoms with van der Waals surface area (Å²) in [5.74, 6) is -3.00. The highest BCUT2D eigenvalue weighted by molar-refractivity contribution is 7.99. The van der Waals surface area contributed by atoms with Gasteiger partial charge >= 0.3 is 23.9 Å². The predicted octanol–water partition coefficient (Wildman–Crippen LogP) is 11.9. The summed E-state index contributed by atoms with van der Waals surface area (Å²) < 4.78 is 11.4. The van der Waals surface area contributed by atoms with Gasteiger partial charge in [-0.2, -0.15) is 11.8 Å². The molecule has 0 aliphatic rings. The van der Waals surface area contributed by atoms with Crippen molar-refractivity contribution in [1.29, 1.82) is 0 Å². The van der Waals surface area contributed by atoms with Gasteiger partial charge < -0.3 is 30.3 Å². The molecule has 0 bridgehead atoms. The van der Waals surface area contributed by atoms with Gasteiger partial charge in [0.2, 0.25) is 5.91 Å². The van der Waals surface area contributed by atoms with Crippen LogP contribution in [0.5, 0.6) is 0 Å². The Morgan fingerprint density at radius 2 is 1.03 bits per heavy atom. The molecule has 2 atom stereocenters. The summed E-state index contributed by atoms with van der Waals surface area (Å²) in [6.45, 7) is 4.71. The third-order valence-electron chi connectivity index (χ3n) is 11.4. The van der Waals surface area contributed by atoms with Crippen molar-refractivity contribution >= 4 is 47.5 Å². The van der Waals surface area contributed by atoms with Gasteiger partial charge in [0.1, 0.15) is 18.8 Å². The molecule has 0 saturated carbocycles. The number of carboxylic acids is 2. The van der Waals surface area contributed by atoms with Crippen molar-refractivity contribution in [1.82, 2.24) is 10.6 Å². The number of carbonyl (C=O) groups is 6. The standard InChI is InChI=1S/C51H86N2O10S/c1-3-5-7-9-11-13-15-17-19-21-23-25-27-29-48(57)62-40-44(63-49(58)30-28-26-24-22-20-18-16-14-12-10-8-6-4-2)41-64-38-37-46(54)52-39-42-31-33-43(34-32-42)50(59)53-45(51(60)61)35-36-47(55)56/h31-34,44-45H,3-30,35-41H2,1-2H3,(H,52,54)(H,53,59)(H,55,56)(H,60,61)/t44?,45-/m0/s1. The summed E-state index contributed by atoms with van der Waals surface area (Å²) in [7, 11) is 0. The van der Waals surface area contributed by atoms with E-state index in [1.165, 1.54) is 152 Å². The van der Waals surface area contributed by atoms with Crippen LogP contribution in [0.1, 0.15) is 229 Å². The second kappa shape index (κ2) is 40.9. The number of aliphatic carboxylic acids is 2. The minimum absolute atomic E-state index is 0.00582. The van der Waals surface area contributed by atoms with Crippen LogP contribution in [0.15, 0.2) is 24.3 Å².